The molecule has 1 heterocycles. The van der Waals surface area contributed by atoms with Crippen LogP contribution >= 0.6 is 15.9 Å². The van der Waals surface area contributed by atoms with Crippen LogP contribution in [0.25, 0.3) is 11.5 Å². The number of nitrogens with two attached hydrogens (primary N) is 1. The maximum absolute atomic E-state index is 10.8. The fraction of sp³-hybridized carbons (Fsp3) is 0. The van der Waals surface area contributed by atoms with E-state index in [1.54, 1.807) is 18.2 Å². The Morgan fingerprint density at radius 3 is 2.94 bits per heavy atom. The Balaban J connectivity index is 2.48. The number of hydrogen-bond donors (Lipinski definition) is 2. The second kappa shape index (κ2) is 4.31. The molecule has 2 aromatic rings. The number of primary amides is 1. The number of nitrogens with zero attached hydrogens (tertiary/aromatic N) is 2. The van der Waals surface area contributed by atoms with Gasteiger partial charge >= 0.3 is 6.03 Å². The first kappa shape index (κ1) is 10.6. The number of urea groups is 1. The summed E-state index contributed by atoms with van der Waals surface area (Å²) in [7, 11) is 0. The fourth-order valence-corrected chi connectivity index (χ4v) is 1.59. The zero-order valence-electron chi connectivity index (χ0n) is 7.98. The topological polar surface area (TPSA) is 94.0 Å². The number of aromatic nitrogens is 2. The van der Waals surface area contributed by atoms with Crippen molar-refractivity contribution in [2.45, 2.75) is 0 Å². The van der Waals surface area contributed by atoms with Gasteiger partial charge in [0.2, 0.25) is 12.3 Å². The van der Waals surface area contributed by atoms with Crippen LogP contribution in [0.3, 0.4) is 0 Å². The molecule has 0 unspecified atom stereocenters. The third-order valence-electron chi connectivity index (χ3n) is 1.83. The lowest BCUT2D eigenvalue weighted by atomic mass is 10.2. The van der Waals surface area contributed by atoms with E-state index >= 15 is 0 Å². The van der Waals surface area contributed by atoms with Crippen molar-refractivity contribution in [1.82, 2.24) is 10.2 Å². The quantitative estimate of drug-likeness (QED) is 0.881. The number of carbonyl (C=O) groups is 1. The normalized spacial score (nSPS) is 10.1. The molecule has 0 radical (unpaired) electrons. The second-order valence-corrected chi connectivity index (χ2v) is 3.84. The van der Waals surface area contributed by atoms with Crippen molar-refractivity contribution in [3.05, 3.63) is 29.1 Å². The summed E-state index contributed by atoms with van der Waals surface area (Å²) in [5, 5.41) is 9.82. The van der Waals surface area contributed by atoms with Crippen LogP contribution in [0.15, 0.2) is 33.5 Å². The third kappa shape index (κ3) is 2.19. The number of halogens is 1. The number of hydrogen-bond acceptors (Lipinski definition) is 4. The average Bonchev–Trinajstić information content (AvgIpc) is 2.73. The van der Waals surface area contributed by atoms with Gasteiger partial charge in [0, 0.05) is 4.47 Å². The molecule has 0 bridgehead atoms. The van der Waals surface area contributed by atoms with Crippen molar-refractivity contribution in [1.29, 1.82) is 0 Å². The minimum absolute atomic E-state index is 0.310. The molecule has 0 spiro atoms. The van der Waals surface area contributed by atoms with E-state index in [1.807, 2.05) is 0 Å². The highest BCUT2D eigenvalue weighted by Crippen LogP contribution is 2.29. The Bertz CT molecular complexity index is 512. The van der Waals surface area contributed by atoms with Crippen LogP contribution in [0, 0.1) is 0 Å². The summed E-state index contributed by atoms with van der Waals surface area (Å²) in [5.41, 5.74) is 6.17. The van der Waals surface area contributed by atoms with Gasteiger partial charge in [-0.25, -0.2) is 4.79 Å². The Hall–Kier alpha value is -1.89. The van der Waals surface area contributed by atoms with E-state index in [-0.39, 0.29) is 0 Å². The molecular weight excluding hydrogens is 276 g/mol. The van der Waals surface area contributed by atoms with Gasteiger partial charge in [0.1, 0.15) is 0 Å². The van der Waals surface area contributed by atoms with Crippen LogP contribution < -0.4 is 11.1 Å². The molecule has 1 aromatic carbocycles. The Morgan fingerprint density at radius 1 is 1.50 bits per heavy atom. The largest absolute Gasteiger partial charge is 0.423 e. The molecule has 6 nitrogen and oxygen atoms in total. The van der Waals surface area contributed by atoms with Gasteiger partial charge in [-0.1, -0.05) is 15.9 Å². The first-order chi connectivity index (χ1) is 7.66. The lowest BCUT2D eigenvalue weighted by Gasteiger charge is -2.06. The van der Waals surface area contributed by atoms with Gasteiger partial charge in [0.25, 0.3) is 0 Å². The lowest BCUT2D eigenvalue weighted by Crippen LogP contribution is -2.19. The molecule has 82 valence electrons. The molecule has 0 saturated carbocycles. The fourth-order valence-electron chi connectivity index (χ4n) is 1.23. The molecule has 0 saturated heterocycles. The Labute approximate surface area is 99.0 Å². The van der Waals surface area contributed by atoms with E-state index in [0.717, 1.165) is 4.47 Å². The van der Waals surface area contributed by atoms with Crippen molar-refractivity contribution >= 4 is 27.6 Å². The maximum Gasteiger partial charge on any atom is 0.316 e. The molecule has 0 atom stereocenters. The number of nitrogens with one attached hydrogen (secondary N) is 1. The summed E-state index contributed by atoms with van der Waals surface area (Å²) in [6.07, 6.45) is 1.21. The van der Waals surface area contributed by atoms with Gasteiger partial charge in [-0.05, 0) is 18.2 Å². The van der Waals surface area contributed by atoms with Crippen LogP contribution in [0.5, 0.6) is 0 Å². The SMILES string of the molecule is NC(=O)Nc1ccc(Br)cc1-c1nnco1. The van der Waals surface area contributed by atoms with Crippen molar-refractivity contribution in [2.24, 2.45) is 5.73 Å². The molecular formula is C9H7BrN4O2. The van der Waals surface area contributed by atoms with E-state index in [4.69, 9.17) is 10.2 Å². The predicted octanol–water partition coefficient (Wildman–Crippen LogP) is 1.99. The van der Waals surface area contributed by atoms with E-state index in [0.29, 0.717) is 17.1 Å². The number of benzene rings is 1. The predicted molar refractivity (Wildman–Crippen MR) is 60.6 cm³/mol. The Kier molecular flexibility index (Phi) is 2.86. The van der Waals surface area contributed by atoms with Crippen LogP contribution in [0.2, 0.25) is 0 Å². The van der Waals surface area contributed by atoms with Crippen LogP contribution in [-0.2, 0) is 0 Å². The van der Waals surface area contributed by atoms with Gasteiger partial charge < -0.3 is 15.5 Å². The van der Waals surface area contributed by atoms with Gasteiger partial charge in [-0.2, -0.15) is 0 Å². The monoisotopic (exact) mass is 282 g/mol. The van der Waals surface area contributed by atoms with Gasteiger partial charge in [0.15, 0.2) is 0 Å². The van der Waals surface area contributed by atoms with Crippen molar-refractivity contribution in [3.63, 3.8) is 0 Å². The molecule has 3 N–H and O–H groups in total. The molecule has 0 aliphatic heterocycles. The smallest absolute Gasteiger partial charge is 0.316 e. The average molecular weight is 283 g/mol. The highest BCUT2D eigenvalue weighted by atomic mass is 79.9. The van der Waals surface area contributed by atoms with Crippen LogP contribution in [-0.4, -0.2) is 16.2 Å². The van der Waals surface area contributed by atoms with Gasteiger partial charge in [0.05, 0.1) is 11.3 Å². The molecule has 16 heavy (non-hydrogen) atoms. The summed E-state index contributed by atoms with van der Waals surface area (Å²) >= 11 is 3.31. The molecule has 0 aliphatic rings. The van der Waals surface area contributed by atoms with Crippen molar-refractivity contribution in [3.8, 4) is 11.5 Å². The van der Waals surface area contributed by atoms with E-state index < -0.39 is 6.03 Å². The first-order valence-electron chi connectivity index (χ1n) is 4.29. The number of anilines is 1. The van der Waals surface area contributed by atoms with Gasteiger partial charge in [-0.3, -0.25) is 0 Å². The summed E-state index contributed by atoms with van der Waals surface area (Å²) in [6.45, 7) is 0. The second-order valence-electron chi connectivity index (χ2n) is 2.92. The summed E-state index contributed by atoms with van der Waals surface area (Å²) in [4.78, 5) is 10.8. The van der Waals surface area contributed by atoms with Crippen LogP contribution in [0.1, 0.15) is 0 Å². The number of amides is 2. The molecule has 0 fully saturated rings. The molecule has 2 rings (SSSR count). The van der Waals surface area contributed by atoms with Crippen LogP contribution in [0.4, 0.5) is 10.5 Å². The first-order valence-corrected chi connectivity index (χ1v) is 5.08. The zero-order chi connectivity index (χ0) is 11.5. The standard InChI is InChI=1S/C9H7BrN4O2/c10-5-1-2-7(13-9(11)15)6(3-5)8-14-12-4-16-8/h1-4H,(H3,11,13,15). The molecule has 7 heteroatoms. The van der Waals surface area contributed by atoms with E-state index in [1.165, 1.54) is 6.39 Å². The number of rotatable bonds is 2. The summed E-state index contributed by atoms with van der Waals surface area (Å²) < 4.78 is 5.89. The summed E-state index contributed by atoms with van der Waals surface area (Å²) in [5.74, 6) is 0.310. The van der Waals surface area contributed by atoms with Gasteiger partial charge in [-0.15, -0.1) is 10.2 Å². The van der Waals surface area contributed by atoms with Crippen molar-refractivity contribution < 1.29 is 9.21 Å². The molecule has 1 aromatic heterocycles. The highest BCUT2D eigenvalue weighted by molar-refractivity contribution is 9.10. The minimum Gasteiger partial charge on any atom is -0.423 e. The van der Waals surface area contributed by atoms with Crippen molar-refractivity contribution in [2.75, 3.05) is 5.32 Å². The zero-order valence-corrected chi connectivity index (χ0v) is 9.56. The Morgan fingerprint density at radius 2 is 2.31 bits per heavy atom. The highest BCUT2D eigenvalue weighted by Gasteiger charge is 2.11. The van der Waals surface area contributed by atoms with E-state index in [9.17, 15) is 4.79 Å². The maximum atomic E-state index is 10.8. The number of carbonyl (C=O) groups excluding carboxylic acids is 1. The summed E-state index contributed by atoms with van der Waals surface area (Å²) in [6, 6.07) is 4.56. The molecule has 2 amide bonds. The van der Waals surface area contributed by atoms with E-state index in [2.05, 4.69) is 31.4 Å². The third-order valence-corrected chi connectivity index (χ3v) is 2.32. The lowest BCUT2D eigenvalue weighted by molar-refractivity contribution is 0.259. The minimum atomic E-state index is -0.650. The molecule has 0 aliphatic carbocycles.